The number of benzene rings is 1. The topological polar surface area (TPSA) is 58.1 Å². The van der Waals surface area contributed by atoms with Crippen LogP contribution < -0.4 is 10.2 Å². The molecule has 0 bridgehead atoms. The fourth-order valence-corrected chi connectivity index (χ4v) is 2.07. The molecule has 1 aromatic carbocycles. The number of anilines is 2. The highest BCUT2D eigenvalue weighted by Gasteiger charge is 2.07. The summed E-state index contributed by atoms with van der Waals surface area (Å²) in [7, 11) is 1.99. The van der Waals surface area contributed by atoms with Crippen molar-refractivity contribution >= 4 is 17.5 Å². The molecule has 5 heteroatoms. The van der Waals surface area contributed by atoms with Crippen molar-refractivity contribution in [2.24, 2.45) is 0 Å². The van der Waals surface area contributed by atoms with Gasteiger partial charge in [0.1, 0.15) is 0 Å². The first-order chi connectivity index (χ1) is 10.7. The lowest BCUT2D eigenvalue weighted by molar-refractivity contribution is -0.115. The van der Waals surface area contributed by atoms with Gasteiger partial charge in [0.25, 0.3) is 0 Å². The summed E-state index contributed by atoms with van der Waals surface area (Å²) in [5, 5.41) is 11.0. The Balaban J connectivity index is 1.89. The molecular weight excluding hydrogens is 276 g/mol. The van der Waals surface area contributed by atoms with Crippen LogP contribution >= 0.6 is 0 Å². The van der Waals surface area contributed by atoms with Crippen LogP contribution in [0.3, 0.4) is 0 Å². The summed E-state index contributed by atoms with van der Waals surface area (Å²) >= 11 is 0. The van der Waals surface area contributed by atoms with Crippen molar-refractivity contribution in [3.63, 3.8) is 0 Å². The minimum absolute atomic E-state index is 0.0902. The van der Waals surface area contributed by atoms with Crippen LogP contribution in [0.2, 0.25) is 0 Å². The Bertz CT molecular complexity index is 583. The number of hydrogen-bond acceptors (Lipinski definition) is 4. The van der Waals surface area contributed by atoms with E-state index in [1.807, 2.05) is 43.4 Å². The first-order valence-electron chi connectivity index (χ1n) is 7.57. The summed E-state index contributed by atoms with van der Waals surface area (Å²) in [4.78, 5) is 14.0. The molecular formula is C17H22N4O. The molecule has 0 atom stereocenters. The molecule has 1 N–H and O–H groups in total. The van der Waals surface area contributed by atoms with Crippen LogP contribution in [-0.2, 0) is 11.2 Å². The minimum Gasteiger partial charge on any atom is -0.358 e. The number of rotatable bonds is 7. The van der Waals surface area contributed by atoms with E-state index in [2.05, 4.69) is 27.3 Å². The Kier molecular flexibility index (Phi) is 5.89. The molecule has 2 rings (SSSR count). The lowest BCUT2D eigenvalue weighted by Gasteiger charge is -2.16. The van der Waals surface area contributed by atoms with Crippen molar-refractivity contribution in [1.82, 2.24) is 10.2 Å². The molecule has 5 nitrogen and oxygen atoms in total. The molecule has 0 aliphatic rings. The Morgan fingerprint density at radius 1 is 1.14 bits per heavy atom. The second-order valence-corrected chi connectivity index (χ2v) is 5.26. The lowest BCUT2D eigenvalue weighted by Crippen LogP contribution is -2.20. The predicted molar refractivity (Wildman–Crippen MR) is 89.0 cm³/mol. The minimum atomic E-state index is -0.0902. The monoisotopic (exact) mass is 298 g/mol. The first kappa shape index (κ1) is 15.9. The van der Waals surface area contributed by atoms with Gasteiger partial charge in [-0.15, -0.1) is 10.2 Å². The lowest BCUT2D eigenvalue weighted by atomic mass is 10.1. The maximum absolute atomic E-state index is 12.0. The predicted octanol–water partition coefficient (Wildman–Crippen LogP) is 2.89. The van der Waals surface area contributed by atoms with Gasteiger partial charge in [0.2, 0.25) is 5.91 Å². The molecule has 1 heterocycles. The largest absolute Gasteiger partial charge is 0.358 e. The van der Waals surface area contributed by atoms with Gasteiger partial charge in [-0.05, 0) is 24.1 Å². The molecule has 0 aliphatic heterocycles. The molecule has 0 fully saturated rings. The van der Waals surface area contributed by atoms with Crippen molar-refractivity contribution in [3.05, 3.63) is 48.0 Å². The number of hydrogen-bond donors (Lipinski definition) is 1. The Labute approximate surface area is 131 Å². The van der Waals surface area contributed by atoms with Gasteiger partial charge < -0.3 is 10.2 Å². The number of nitrogens with zero attached hydrogens (tertiary/aromatic N) is 3. The molecule has 1 amide bonds. The van der Waals surface area contributed by atoms with Gasteiger partial charge in [-0.2, -0.15) is 0 Å². The van der Waals surface area contributed by atoms with E-state index in [1.165, 1.54) is 0 Å². The average Bonchev–Trinajstić information content (AvgIpc) is 2.54. The summed E-state index contributed by atoms with van der Waals surface area (Å²) in [6.45, 7) is 3.11. The van der Waals surface area contributed by atoms with E-state index in [-0.39, 0.29) is 5.91 Å². The van der Waals surface area contributed by atoms with Gasteiger partial charge in [0.15, 0.2) is 11.6 Å². The molecule has 2 aromatic rings. The van der Waals surface area contributed by atoms with Crippen LogP contribution in [0.4, 0.5) is 11.6 Å². The van der Waals surface area contributed by atoms with E-state index in [9.17, 15) is 4.79 Å². The van der Waals surface area contributed by atoms with Crippen LogP contribution in [0, 0.1) is 0 Å². The van der Waals surface area contributed by atoms with Crippen molar-refractivity contribution in [2.45, 2.75) is 26.2 Å². The first-order valence-corrected chi connectivity index (χ1v) is 7.57. The number of carbonyl (C=O) groups excluding carboxylic acids is 1. The van der Waals surface area contributed by atoms with Crippen molar-refractivity contribution in [2.75, 3.05) is 23.8 Å². The smallest absolute Gasteiger partial charge is 0.229 e. The summed E-state index contributed by atoms with van der Waals surface area (Å²) in [5.41, 5.74) is 0.976. The van der Waals surface area contributed by atoms with Crippen LogP contribution in [-0.4, -0.2) is 29.7 Å². The van der Waals surface area contributed by atoms with E-state index < -0.39 is 0 Å². The Hall–Kier alpha value is -2.43. The molecule has 116 valence electrons. The standard InChI is InChI=1S/C17H22N4O/c1-3-4-12-21(2)16-11-10-15(19-20-16)18-17(22)13-14-8-6-5-7-9-14/h5-11H,3-4,12-13H2,1-2H3,(H,18,19,22). The van der Waals surface area contributed by atoms with E-state index in [0.29, 0.717) is 12.2 Å². The molecule has 0 radical (unpaired) electrons. The quantitative estimate of drug-likeness (QED) is 0.854. The maximum Gasteiger partial charge on any atom is 0.229 e. The van der Waals surface area contributed by atoms with E-state index in [0.717, 1.165) is 30.8 Å². The van der Waals surface area contributed by atoms with Crippen molar-refractivity contribution in [1.29, 1.82) is 0 Å². The van der Waals surface area contributed by atoms with Crippen LogP contribution in [0.25, 0.3) is 0 Å². The Morgan fingerprint density at radius 3 is 2.55 bits per heavy atom. The zero-order valence-electron chi connectivity index (χ0n) is 13.1. The summed E-state index contributed by atoms with van der Waals surface area (Å²) in [5.74, 6) is 1.20. The average molecular weight is 298 g/mol. The van der Waals surface area contributed by atoms with Crippen molar-refractivity contribution in [3.8, 4) is 0 Å². The molecule has 0 aliphatic carbocycles. The summed E-state index contributed by atoms with van der Waals surface area (Å²) in [6.07, 6.45) is 2.60. The van der Waals surface area contributed by atoms with Crippen LogP contribution in [0.5, 0.6) is 0 Å². The highest BCUT2D eigenvalue weighted by Crippen LogP contribution is 2.11. The van der Waals surface area contributed by atoms with Gasteiger partial charge in [0, 0.05) is 13.6 Å². The van der Waals surface area contributed by atoms with Crippen molar-refractivity contribution < 1.29 is 4.79 Å². The van der Waals surface area contributed by atoms with Gasteiger partial charge in [-0.3, -0.25) is 4.79 Å². The molecule has 0 spiro atoms. The fourth-order valence-electron chi connectivity index (χ4n) is 2.07. The number of amides is 1. The zero-order valence-corrected chi connectivity index (χ0v) is 13.1. The Morgan fingerprint density at radius 2 is 1.91 bits per heavy atom. The van der Waals surface area contributed by atoms with Crippen LogP contribution in [0.15, 0.2) is 42.5 Å². The van der Waals surface area contributed by atoms with Gasteiger partial charge >= 0.3 is 0 Å². The van der Waals surface area contributed by atoms with E-state index in [4.69, 9.17) is 0 Å². The molecule has 1 aromatic heterocycles. The zero-order chi connectivity index (χ0) is 15.8. The second kappa shape index (κ2) is 8.12. The SMILES string of the molecule is CCCCN(C)c1ccc(NC(=O)Cc2ccccc2)nn1. The third kappa shape index (κ3) is 4.84. The fraction of sp³-hybridized carbons (Fsp3) is 0.353. The molecule has 0 saturated heterocycles. The number of aromatic nitrogens is 2. The number of unbranched alkanes of at least 4 members (excludes halogenated alkanes) is 1. The third-order valence-corrected chi connectivity index (χ3v) is 3.36. The van der Waals surface area contributed by atoms with Gasteiger partial charge in [-0.1, -0.05) is 43.7 Å². The summed E-state index contributed by atoms with van der Waals surface area (Å²) in [6, 6.07) is 13.3. The summed E-state index contributed by atoms with van der Waals surface area (Å²) < 4.78 is 0. The maximum atomic E-state index is 12.0. The highest BCUT2D eigenvalue weighted by atomic mass is 16.1. The molecule has 22 heavy (non-hydrogen) atoms. The van der Waals surface area contributed by atoms with E-state index >= 15 is 0 Å². The highest BCUT2D eigenvalue weighted by molar-refractivity contribution is 5.91. The number of nitrogens with one attached hydrogen (secondary N) is 1. The molecule has 0 saturated carbocycles. The molecule has 0 unspecified atom stereocenters. The van der Waals surface area contributed by atoms with E-state index in [1.54, 1.807) is 6.07 Å². The van der Waals surface area contributed by atoms with Crippen LogP contribution in [0.1, 0.15) is 25.3 Å². The van der Waals surface area contributed by atoms with Gasteiger partial charge in [0.05, 0.1) is 6.42 Å². The third-order valence-electron chi connectivity index (χ3n) is 3.36. The normalized spacial score (nSPS) is 10.3. The van der Waals surface area contributed by atoms with Gasteiger partial charge in [-0.25, -0.2) is 0 Å². The second-order valence-electron chi connectivity index (χ2n) is 5.26. The number of carbonyl (C=O) groups is 1.